The molecule has 0 saturated heterocycles. The molecule has 8 nitrogen and oxygen atoms in total. The summed E-state index contributed by atoms with van der Waals surface area (Å²) in [5, 5.41) is 20.1. The third-order valence-electron chi connectivity index (χ3n) is 4.89. The first kappa shape index (κ1) is 23.9. The predicted octanol–water partition coefficient (Wildman–Crippen LogP) is 2.20. The van der Waals surface area contributed by atoms with E-state index in [4.69, 9.17) is 21.0 Å². The molecule has 0 aliphatic carbocycles. The van der Waals surface area contributed by atoms with Gasteiger partial charge in [0.25, 0.3) is 5.91 Å². The van der Waals surface area contributed by atoms with Crippen LogP contribution in [0, 0.1) is 17.2 Å². The highest BCUT2D eigenvalue weighted by Gasteiger charge is 2.41. The minimum absolute atomic E-state index is 0.0313. The summed E-state index contributed by atoms with van der Waals surface area (Å²) in [6.45, 7) is 4.88. The zero-order valence-electron chi connectivity index (χ0n) is 18.0. The number of hydrogen-bond donors (Lipinski definition) is 4. The number of Topliss-reactive ketones (excluding diaryl/α,β-unsaturated/α-hetero) is 1. The van der Waals surface area contributed by atoms with Gasteiger partial charge in [-0.1, -0.05) is 44.2 Å². The molecule has 1 aliphatic heterocycles. The van der Waals surface area contributed by atoms with Gasteiger partial charge in [-0.3, -0.25) is 9.59 Å². The molecular weight excluding hydrogens is 398 g/mol. The lowest BCUT2D eigenvalue weighted by molar-refractivity contribution is -0.140. The van der Waals surface area contributed by atoms with E-state index in [1.165, 1.54) is 13.0 Å². The number of amides is 1. The number of benzene rings is 1. The van der Waals surface area contributed by atoms with E-state index in [1.807, 2.05) is 44.2 Å². The quantitative estimate of drug-likeness (QED) is 0.242. The molecule has 5 N–H and O–H groups in total. The molecule has 2 rings (SSSR count). The second-order valence-electron chi connectivity index (χ2n) is 8.03. The zero-order chi connectivity index (χ0) is 23.1. The van der Waals surface area contributed by atoms with Gasteiger partial charge in [0.05, 0.1) is 5.70 Å². The fraction of sp³-hybridized carbons (Fsp3) is 0.391. The van der Waals surface area contributed by atoms with E-state index in [0.717, 1.165) is 5.56 Å². The molecule has 0 radical (unpaired) electrons. The van der Waals surface area contributed by atoms with Gasteiger partial charge in [0.1, 0.15) is 5.76 Å². The van der Waals surface area contributed by atoms with E-state index in [1.54, 1.807) is 0 Å². The predicted molar refractivity (Wildman–Crippen MR) is 116 cm³/mol. The van der Waals surface area contributed by atoms with Gasteiger partial charge in [0, 0.05) is 29.3 Å². The number of hydrogen-bond acceptors (Lipinski definition) is 6. The number of carboxylic acid groups (broad SMARTS) is 1. The van der Waals surface area contributed by atoms with Crippen LogP contribution in [0.1, 0.15) is 32.8 Å². The SMILES string of the molecule is CC(=N)/C=C(/OCC(=O)O)C1=C(C(=O)C(N)=O)C(CC(C)C)C(Cc2ccccc2)N1. The van der Waals surface area contributed by atoms with Crippen LogP contribution in [0.25, 0.3) is 0 Å². The lowest BCUT2D eigenvalue weighted by Gasteiger charge is -2.24. The fourth-order valence-electron chi connectivity index (χ4n) is 3.74. The van der Waals surface area contributed by atoms with Crippen LogP contribution in [0.5, 0.6) is 0 Å². The summed E-state index contributed by atoms with van der Waals surface area (Å²) in [4.78, 5) is 35.8. The minimum Gasteiger partial charge on any atom is -0.480 e. The van der Waals surface area contributed by atoms with Crippen molar-refractivity contribution in [3.05, 3.63) is 59.0 Å². The first-order valence-electron chi connectivity index (χ1n) is 10.1. The Kier molecular flexibility index (Phi) is 8.13. The number of carboxylic acids is 1. The second-order valence-corrected chi connectivity index (χ2v) is 8.03. The number of allylic oxidation sites excluding steroid dienone is 1. The Morgan fingerprint density at radius 1 is 1.26 bits per heavy atom. The fourth-order valence-corrected chi connectivity index (χ4v) is 3.74. The number of ketones is 1. The largest absolute Gasteiger partial charge is 0.480 e. The normalized spacial score (nSPS) is 18.6. The summed E-state index contributed by atoms with van der Waals surface area (Å²) < 4.78 is 5.41. The highest BCUT2D eigenvalue weighted by atomic mass is 16.5. The summed E-state index contributed by atoms with van der Waals surface area (Å²) in [5.41, 5.74) is 6.90. The van der Waals surface area contributed by atoms with E-state index in [2.05, 4.69) is 5.32 Å². The van der Waals surface area contributed by atoms with E-state index in [0.29, 0.717) is 12.8 Å². The molecule has 1 heterocycles. The van der Waals surface area contributed by atoms with Crippen LogP contribution in [-0.2, 0) is 25.5 Å². The van der Waals surface area contributed by atoms with Crippen molar-refractivity contribution in [3.63, 3.8) is 0 Å². The Balaban J connectivity index is 2.57. The van der Waals surface area contributed by atoms with Crippen LogP contribution >= 0.6 is 0 Å². The number of carbonyl (C=O) groups excluding carboxylic acids is 2. The standard InChI is InChI=1S/C23H29N3O5/c1-13(2)9-16-17(11-15-7-5-4-6-8-15)26-21(20(16)22(29)23(25)30)18(10-14(3)24)31-12-19(27)28/h4-8,10,13,16-17,24,26H,9,11-12H2,1-3H3,(H2,25,30)(H,27,28)/b18-10+,24-14?. The van der Waals surface area contributed by atoms with Crippen molar-refractivity contribution in [1.29, 1.82) is 5.41 Å². The van der Waals surface area contributed by atoms with Gasteiger partial charge in [-0.05, 0) is 31.2 Å². The molecule has 8 heteroatoms. The van der Waals surface area contributed by atoms with Gasteiger partial charge in [-0.2, -0.15) is 0 Å². The Morgan fingerprint density at radius 3 is 2.42 bits per heavy atom. The number of ether oxygens (including phenoxy) is 1. The van der Waals surface area contributed by atoms with Crippen LogP contribution in [-0.4, -0.2) is 41.1 Å². The van der Waals surface area contributed by atoms with Gasteiger partial charge >= 0.3 is 5.97 Å². The third kappa shape index (κ3) is 6.53. The highest BCUT2D eigenvalue weighted by molar-refractivity contribution is 6.42. The summed E-state index contributed by atoms with van der Waals surface area (Å²) in [5.74, 6) is -3.21. The van der Waals surface area contributed by atoms with Crippen molar-refractivity contribution >= 4 is 23.4 Å². The van der Waals surface area contributed by atoms with Gasteiger partial charge in [-0.15, -0.1) is 0 Å². The van der Waals surface area contributed by atoms with E-state index in [9.17, 15) is 14.4 Å². The lowest BCUT2D eigenvalue weighted by atomic mass is 9.82. The first-order valence-corrected chi connectivity index (χ1v) is 10.1. The maximum absolute atomic E-state index is 12.8. The molecule has 0 fully saturated rings. The van der Waals surface area contributed by atoms with Crippen LogP contribution < -0.4 is 11.1 Å². The van der Waals surface area contributed by atoms with Crippen molar-refractivity contribution in [2.45, 2.75) is 39.7 Å². The topological polar surface area (TPSA) is 143 Å². The second kappa shape index (κ2) is 10.6. The van der Waals surface area contributed by atoms with Crippen LogP contribution in [0.2, 0.25) is 0 Å². The molecule has 2 unspecified atom stereocenters. The van der Waals surface area contributed by atoms with Gasteiger partial charge in [0.2, 0.25) is 5.78 Å². The van der Waals surface area contributed by atoms with Crippen molar-refractivity contribution in [2.75, 3.05) is 6.61 Å². The summed E-state index contributed by atoms with van der Waals surface area (Å²) >= 11 is 0. The number of primary amides is 1. The molecule has 0 saturated carbocycles. The Hall–Kier alpha value is -3.42. The summed E-state index contributed by atoms with van der Waals surface area (Å²) in [6, 6.07) is 9.47. The molecule has 1 amide bonds. The van der Waals surface area contributed by atoms with Crippen LogP contribution in [0.4, 0.5) is 0 Å². The van der Waals surface area contributed by atoms with Gasteiger partial charge in [0.15, 0.2) is 6.61 Å². The zero-order valence-corrected chi connectivity index (χ0v) is 18.0. The van der Waals surface area contributed by atoms with Crippen LogP contribution in [0.3, 0.4) is 0 Å². The Morgan fingerprint density at radius 2 is 1.90 bits per heavy atom. The summed E-state index contributed by atoms with van der Waals surface area (Å²) in [7, 11) is 0. The molecule has 0 aromatic heterocycles. The average Bonchev–Trinajstić information content (AvgIpc) is 3.02. The average molecular weight is 428 g/mol. The molecule has 1 aliphatic rings. The third-order valence-corrected chi connectivity index (χ3v) is 4.89. The van der Waals surface area contributed by atoms with Crippen molar-refractivity contribution in [2.24, 2.45) is 17.6 Å². The van der Waals surface area contributed by atoms with Crippen molar-refractivity contribution in [3.8, 4) is 0 Å². The minimum atomic E-state index is -1.20. The van der Waals surface area contributed by atoms with Crippen molar-refractivity contribution in [1.82, 2.24) is 5.32 Å². The Bertz CT molecular complexity index is 918. The van der Waals surface area contributed by atoms with Gasteiger partial charge in [-0.25, -0.2) is 4.79 Å². The molecule has 31 heavy (non-hydrogen) atoms. The summed E-state index contributed by atoms with van der Waals surface area (Å²) in [6.07, 6.45) is 2.52. The lowest BCUT2D eigenvalue weighted by Crippen LogP contribution is -2.34. The Labute approximate surface area is 181 Å². The number of carbonyl (C=O) groups is 3. The number of nitrogens with one attached hydrogen (secondary N) is 2. The van der Waals surface area contributed by atoms with E-state index in [-0.39, 0.29) is 40.6 Å². The number of nitrogens with two attached hydrogens (primary N) is 1. The maximum Gasteiger partial charge on any atom is 0.341 e. The van der Waals surface area contributed by atoms with Gasteiger partial charge < -0.3 is 26.3 Å². The maximum atomic E-state index is 12.8. The molecular formula is C23H29N3O5. The number of rotatable bonds is 11. The van der Waals surface area contributed by atoms with E-state index < -0.39 is 24.3 Å². The molecule has 0 spiro atoms. The smallest absolute Gasteiger partial charge is 0.341 e. The molecule has 166 valence electrons. The first-order chi connectivity index (χ1) is 14.6. The number of aliphatic carboxylic acids is 1. The van der Waals surface area contributed by atoms with E-state index >= 15 is 0 Å². The molecule has 1 aromatic carbocycles. The highest BCUT2D eigenvalue weighted by Crippen LogP contribution is 2.36. The molecule has 0 bridgehead atoms. The monoisotopic (exact) mass is 427 g/mol. The molecule has 2 atom stereocenters. The van der Waals surface area contributed by atoms with Crippen molar-refractivity contribution < 1.29 is 24.2 Å². The molecule has 1 aromatic rings. The van der Waals surface area contributed by atoms with Crippen LogP contribution in [0.15, 0.2) is 53.4 Å².